The minimum Gasteiger partial charge on any atom is -0.308 e. The Morgan fingerprint density at radius 3 is 2.70 bits per heavy atom. The molecule has 0 saturated heterocycles. The maximum atomic E-state index is 11.9. The quantitative estimate of drug-likeness (QED) is 0.841. The van der Waals surface area contributed by atoms with Gasteiger partial charge in [0.15, 0.2) is 5.78 Å². The molecule has 0 aliphatic carbocycles. The number of Topliss-reactive ketones (excluding diaryl/α,β-unsaturated/α-hetero) is 1. The van der Waals surface area contributed by atoms with Gasteiger partial charge in [0.25, 0.3) is 0 Å². The molecule has 5 nitrogen and oxygen atoms in total. The van der Waals surface area contributed by atoms with Crippen LogP contribution in [0.15, 0.2) is 47.2 Å². The zero-order chi connectivity index (χ0) is 14.5. The van der Waals surface area contributed by atoms with Gasteiger partial charge in [-0.1, -0.05) is 12.1 Å². The molecule has 0 bridgehead atoms. The smallest absolute Gasteiger partial charge is 0.308 e. The van der Waals surface area contributed by atoms with Crippen molar-refractivity contribution in [1.82, 2.24) is 4.98 Å². The van der Waals surface area contributed by atoms with Crippen LogP contribution in [0.5, 0.6) is 0 Å². The summed E-state index contributed by atoms with van der Waals surface area (Å²) in [5, 5.41) is 5.35. The predicted octanol–water partition coefficient (Wildman–Crippen LogP) is 3.69. The van der Waals surface area contributed by atoms with E-state index in [1.165, 1.54) is 6.92 Å². The number of nitrogens with one attached hydrogen (secondary N) is 2. The summed E-state index contributed by atoms with van der Waals surface area (Å²) in [6.07, 6.45) is 3.17. The molecule has 2 aromatic rings. The third-order valence-electron chi connectivity index (χ3n) is 2.55. The number of amides is 2. The summed E-state index contributed by atoms with van der Waals surface area (Å²) in [5.41, 5.74) is 1.72. The van der Waals surface area contributed by atoms with E-state index in [-0.39, 0.29) is 5.78 Å². The SMILES string of the molecule is CC(=O)c1cccc(NC(=O)Nc2ccncc2Br)c1. The van der Waals surface area contributed by atoms with Crippen molar-refractivity contribution >= 4 is 39.1 Å². The number of ketones is 1. The highest BCUT2D eigenvalue weighted by Crippen LogP contribution is 2.20. The van der Waals surface area contributed by atoms with Gasteiger partial charge < -0.3 is 10.6 Å². The van der Waals surface area contributed by atoms with Gasteiger partial charge >= 0.3 is 6.03 Å². The summed E-state index contributed by atoms with van der Waals surface area (Å²) >= 11 is 3.29. The van der Waals surface area contributed by atoms with Crippen LogP contribution >= 0.6 is 15.9 Å². The Hall–Kier alpha value is -2.21. The molecule has 0 radical (unpaired) electrons. The average molecular weight is 334 g/mol. The van der Waals surface area contributed by atoms with Gasteiger partial charge in [0.1, 0.15) is 0 Å². The number of hydrogen-bond donors (Lipinski definition) is 2. The Bertz CT molecular complexity index is 658. The lowest BCUT2D eigenvalue weighted by molar-refractivity contribution is 0.101. The molecule has 2 rings (SSSR count). The number of anilines is 2. The Kier molecular flexibility index (Phi) is 4.47. The number of rotatable bonds is 3. The molecule has 6 heteroatoms. The van der Waals surface area contributed by atoms with Gasteiger partial charge in [-0.2, -0.15) is 0 Å². The molecule has 0 aliphatic rings. The standard InChI is InChI=1S/C14H12BrN3O2/c1-9(19)10-3-2-4-11(7-10)17-14(20)18-13-5-6-16-8-12(13)15/h2-8H,1H3,(H2,16,17,18,20). The fourth-order valence-corrected chi connectivity index (χ4v) is 1.93. The van der Waals surface area contributed by atoms with E-state index in [2.05, 4.69) is 31.5 Å². The number of pyridine rings is 1. The highest BCUT2D eigenvalue weighted by Gasteiger charge is 2.06. The predicted molar refractivity (Wildman–Crippen MR) is 81.0 cm³/mol. The van der Waals surface area contributed by atoms with Crippen LogP contribution < -0.4 is 10.6 Å². The van der Waals surface area contributed by atoms with Crippen molar-refractivity contribution in [2.24, 2.45) is 0 Å². The Labute approximate surface area is 124 Å². The van der Waals surface area contributed by atoms with E-state index in [0.717, 1.165) is 0 Å². The lowest BCUT2D eigenvalue weighted by atomic mass is 10.1. The Morgan fingerprint density at radius 2 is 2.00 bits per heavy atom. The van der Waals surface area contributed by atoms with Crippen molar-refractivity contribution in [1.29, 1.82) is 0 Å². The van der Waals surface area contributed by atoms with Crippen LogP contribution in [0.3, 0.4) is 0 Å². The third-order valence-corrected chi connectivity index (χ3v) is 3.18. The van der Waals surface area contributed by atoms with Gasteiger partial charge in [0.2, 0.25) is 0 Å². The van der Waals surface area contributed by atoms with E-state index in [4.69, 9.17) is 0 Å². The van der Waals surface area contributed by atoms with Crippen molar-refractivity contribution in [3.8, 4) is 0 Å². The summed E-state index contributed by atoms with van der Waals surface area (Å²) < 4.78 is 0.688. The van der Waals surface area contributed by atoms with Gasteiger partial charge in [-0.05, 0) is 41.1 Å². The van der Waals surface area contributed by atoms with Crippen LogP contribution in [0.2, 0.25) is 0 Å². The topological polar surface area (TPSA) is 71.1 Å². The molecule has 2 N–H and O–H groups in total. The molecule has 1 heterocycles. The molecule has 2 amide bonds. The van der Waals surface area contributed by atoms with Crippen LogP contribution in [-0.4, -0.2) is 16.8 Å². The van der Waals surface area contributed by atoms with Gasteiger partial charge in [-0.15, -0.1) is 0 Å². The van der Waals surface area contributed by atoms with Gasteiger partial charge in [-0.3, -0.25) is 9.78 Å². The van der Waals surface area contributed by atoms with E-state index in [9.17, 15) is 9.59 Å². The fourth-order valence-electron chi connectivity index (χ4n) is 1.58. The zero-order valence-corrected chi connectivity index (χ0v) is 12.3. The molecule has 102 valence electrons. The first-order chi connectivity index (χ1) is 9.56. The molecule has 1 aromatic carbocycles. The number of benzene rings is 1. The molecule has 0 unspecified atom stereocenters. The number of halogens is 1. The minimum atomic E-state index is -0.391. The summed E-state index contributed by atoms with van der Waals surface area (Å²) in [6, 6.07) is 8.05. The summed E-state index contributed by atoms with van der Waals surface area (Å²) in [4.78, 5) is 27.1. The lowest BCUT2D eigenvalue weighted by Crippen LogP contribution is -2.19. The molecule has 0 saturated carbocycles. The molecule has 0 spiro atoms. The zero-order valence-electron chi connectivity index (χ0n) is 10.7. The first-order valence-electron chi connectivity index (χ1n) is 5.85. The van der Waals surface area contributed by atoms with Gasteiger partial charge in [0.05, 0.1) is 10.2 Å². The fraction of sp³-hybridized carbons (Fsp3) is 0.0714. The van der Waals surface area contributed by atoms with Crippen LogP contribution in [-0.2, 0) is 0 Å². The second-order valence-corrected chi connectivity index (χ2v) is 4.93. The van der Waals surface area contributed by atoms with Gasteiger partial charge in [-0.25, -0.2) is 4.79 Å². The number of carbonyl (C=O) groups excluding carboxylic acids is 2. The summed E-state index contributed by atoms with van der Waals surface area (Å²) in [5.74, 6) is -0.0501. The number of aromatic nitrogens is 1. The summed E-state index contributed by atoms with van der Waals surface area (Å²) in [7, 11) is 0. The largest absolute Gasteiger partial charge is 0.323 e. The van der Waals surface area contributed by atoms with E-state index in [1.807, 2.05) is 0 Å². The Balaban J connectivity index is 2.07. The molecular weight excluding hydrogens is 322 g/mol. The molecule has 0 aliphatic heterocycles. The molecule has 0 atom stereocenters. The van der Waals surface area contributed by atoms with E-state index >= 15 is 0 Å². The van der Waals surface area contributed by atoms with E-state index in [1.54, 1.807) is 42.7 Å². The second kappa shape index (κ2) is 6.29. The number of hydrogen-bond acceptors (Lipinski definition) is 3. The van der Waals surface area contributed by atoms with Gasteiger partial charge in [0, 0.05) is 23.6 Å². The molecule has 20 heavy (non-hydrogen) atoms. The first-order valence-corrected chi connectivity index (χ1v) is 6.64. The normalized spacial score (nSPS) is 9.90. The van der Waals surface area contributed by atoms with Crippen LogP contribution in [0, 0.1) is 0 Å². The highest BCUT2D eigenvalue weighted by molar-refractivity contribution is 9.10. The Morgan fingerprint density at radius 1 is 1.20 bits per heavy atom. The van der Waals surface area contributed by atoms with Crippen molar-refractivity contribution in [2.75, 3.05) is 10.6 Å². The van der Waals surface area contributed by atoms with Crippen LogP contribution in [0.1, 0.15) is 17.3 Å². The number of carbonyl (C=O) groups is 2. The van der Waals surface area contributed by atoms with Crippen molar-refractivity contribution in [2.45, 2.75) is 6.92 Å². The van der Waals surface area contributed by atoms with E-state index < -0.39 is 6.03 Å². The van der Waals surface area contributed by atoms with Crippen molar-refractivity contribution < 1.29 is 9.59 Å². The van der Waals surface area contributed by atoms with Crippen molar-refractivity contribution in [3.05, 3.63) is 52.8 Å². The minimum absolute atomic E-state index is 0.0501. The number of nitrogens with zero attached hydrogens (tertiary/aromatic N) is 1. The monoisotopic (exact) mass is 333 g/mol. The number of urea groups is 1. The van der Waals surface area contributed by atoms with Crippen molar-refractivity contribution in [3.63, 3.8) is 0 Å². The first kappa shape index (κ1) is 14.2. The summed E-state index contributed by atoms with van der Waals surface area (Å²) in [6.45, 7) is 1.48. The highest BCUT2D eigenvalue weighted by atomic mass is 79.9. The van der Waals surface area contributed by atoms with E-state index in [0.29, 0.717) is 21.4 Å². The van der Waals surface area contributed by atoms with Crippen LogP contribution in [0.4, 0.5) is 16.2 Å². The molecule has 1 aromatic heterocycles. The second-order valence-electron chi connectivity index (χ2n) is 4.07. The third kappa shape index (κ3) is 3.64. The maximum Gasteiger partial charge on any atom is 0.323 e. The molecular formula is C14H12BrN3O2. The van der Waals surface area contributed by atoms with Crippen LogP contribution in [0.25, 0.3) is 0 Å². The molecule has 0 fully saturated rings. The lowest BCUT2D eigenvalue weighted by Gasteiger charge is -2.09. The average Bonchev–Trinajstić information content (AvgIpc) is 2.41. The maximum absolute atomic E-state index is 11.9.